The van der Waals surface area contributed by atoms with Gasteiger partial charge in [0.15, 0.2) is 0 Å². The molecule has 128 valence electrons. The maximum absolute atomic E-state index is 12.4. The molecule has 0 aromatic heterocycles. The molecule has 1 heterocycles. The van der Waals surface area contributed by atoms with E-state index in [1.54, 1.807) is 23.1 Å². The molecule has 25 heavy (non-hydrogen) atoms. The molecule has 0 spiro atoms. The van der Waals surface area contributed by atoms with Crippen LogP contribution >= 0.6 is 0 Å². The Morgan fingerprint density at radius 2 is 1.76 bits per heavy atom. The Bertz CT molecular complexity index is 771. The van der Waals surface area contributed by atoms with Gasteiger partial charge in [-0.2, -0.15) is 5.26 Å². The molecule has 0 aliphatic carbocycles. The van der Waals surface area contributed by atoms with Gasteiger partial charge < -0.3 is 15.1 Å². The Balaban J connectivity index is 1.58. The minimum Gasteiger partial charge on any atom is -0.368 e. The van der Waals surface area contributed by atoms with Crippen molar-refractivity contribution in [3.05, 3.63) is 59.7 Å². The molecule has 0 saturated carbocycles. The molecule has 2 amide bonds. The average molecular weight is 334 g/mol. The normalized spacial score (nSPS) is 14.1. The second-order valence-corrected chi connectivity index (χ2v) is 6.08. The molecule has 2 aromatic carbocycles. The molecule has 1 aliphatic heterocycles. The van der Waals surface area contributed by atoms with Gasteiger partial charge in [-0.05, 0) is 36.2 Å². The molecule has 1 fully saturated rings. The van der Waals surface area contributed by atoms with Crippen LogP contribution in [0.25, 0.3) is 0 Å². The summed E-state index contributed by atoms with van der Waals surface area (Å²) in [6.45, 7) is 5.08. The van der Waals surface area contributed by atoms with E-state index in [1.807, 2.05) is 6.07 Å². The highest BCUT2D eigenvalue weighted by Gasteiger charge is 2.21. The Hall–Kier alpha value is -3.00. The Morgan fingerprint density at radius 3 is 2.40 bits per heavy atom. The van der Waals surface area contributed by atoms with Crippen LogP contribution in [0.1, 0.15) is 18.1 Å². The van der Waals surface area contributed by atoms with Crippen LogP contribution in [0.5, 0.6) is 0 Å². The molecule has 1 saturated heterocycles. The van der Waals surface area contributed by atoms with Crippen molar-refractivity contribution < 1.29 is 4.79 Å². The number of rotatable bonds is 3. The van der Waals surface area contributed by atoms with E-state index < -0.39 is 0 Å². The number of benzene rings is 2. The topological polar surface area (TPSA) is 59.4 Å². The first-order chi connectivity index (χ1) is 12.2. The number of nitrogens with zero attached hydrogens (tertiary/aromatic N) is 3. The van der Waals surface area contributed by atoms with E-state index in [0.717, 1.165) is 19.5 Å². The smallest absolute Gasteiger partial charge is 0.322 e. The van der Waals surface area contributed by atoms with Crippen LogP contribution in [-0.4, -0.2) is 37.1 Å². The molecule has 5 heteroatoms. The number of aryl methyl sites for hydroxylation is 1. The second kappa shape index (κ2) is 7.71. The average Bonchev–Trinajstić information content (AvgIpc) is 2.68. The summed E-state index contributed by atoms with van der Waals surface area (Å²) >= 11 is 0. The number of hydrogen-bond acceptors (Lipinski definition) is 3. The lowest BCUT2D eigenvalue weighted by Crippen LogP contribution is -2.50. The molecule has 0 bridgehead atoms. The maximum Gasteiger partial charge on any atom is 0.322 e. The van der Waals surface area contributed by atoms with E-state index in [0.29, 0.717) is 24.3 Å². The summed E-state index contributed by atoms with van der Waals surface area (Å²) in [6.07, 6.45) is 1.04. The third-order valence-electron chi connectivity index (χ3n) is 4.57. The summed E-state index contributed by atoms with van der Waals surface area (Å²) < 4.78 is 0. The molecule has 0 radical (unpaired) electrons. The number of anilines is 2. The fourth-order valence-corrected chi connectivity index (χ4v) is 2.99. The first kappa shape index (κ1) is 16.8. The van der Waals surface area contributed by atoms with Gasteiger partial charge in [0.05, 0.1) is 11.3 Å². The molecule has 5 nitrogen and oxygen atoms in total. The third-order valence-corrected chi connectivity index (χ3v) is 4.57. The summed E-state index contributed by atoms with van der Waals surface area (Å²) in [5, 5.41) is 12.0. The van der Waals surface area contributed by atoms with Gasteiger partial charge in [-0.1, -0.05) is 31.2 Å². The van der Waals surface area contributed by atoms with Gasteiger partial charge in [0.1, 0.15) is 6.07 Å². The van der Waals surface area contributed by atoms with Crippen LogP contribution in [0.4, 0.5) is 16.2 Å². The van der Waals surface area contributed by atoms with Crippen molar-refractivity contribution in [2.45, 2.75) is 13.3 Å². The number of para-hydroxylation sites is 1. The molecule has 1 aliphatic rings. The van der Waals surface area contributed by atoms with Gasteiger partial charge in [0.25, 0.3) is 0 Å². The van der Waals surface area contributed by atoms with E-state index in [9.17, 15) is 4.79 Å². The van der Waals surface area contributed by atoms with Gasteiger partial charge in [0, 0.05) is 31.9 Å². The molecule has 3 rings (SSSR count). The van der Waals surface area contributed by atoms with E-state index >= 15 is 0 Å². The highest BCUT2D eigenvalue weighted by atomic mass is 16.2. The van der Waals surface area contributed by atoms with Crippen LogP contribution in [0.15, 0.2) is 48.5 Å². The monoisotopic (exact) mass is 334 g/mol. The van der Waals surface area contributed by atoms with Gasteiger partial charge in [-0.25, -0.2) is 4.79 Å². The van der Waals surface area contributed by atoms with Gasteiger partial charge in [-0.15, -0.1) is 0 Å². The minimum absolute atomic E-state index is 0.149. The summed E-state index contributed by atoms with van der Waals surface area (Å²) in [6, 6.07) is 17.6. The first-order valence-corrected chi connectivity index (χ1v) is 8.60. The van der Waals surface area contributed by atoms with Crippen LogP contribution in [0.2, 0.25) is 0 Å². The SMILES string of the molecule is CCc1ccc(N2CCN(C(=O)Nc3ccccc3C#N)CC2)cc1. The Kier molecular flexibility index (Phi) is 5.20. The number of urea groups is 1. The Labute approximate surface area is 148 Å². The summed E-state index contributed by atoms with van der Waals surface area (Å²) in [4.78, 5) is 16.5. The standard InChI is InChI=1S/C20H22N4O/c1-2-16-7-9-18(10-8-16)23-11-13-24(14-12-23)20(25)22-19-6-4-3-5-17(19)15-21/h3-10H,2,11-14H2,1H3,(H,22,25). The lowest BCUT2D eigenvalue weighted by atomic mass is 10.1. The zero-order chi connectivity index (χ0) is 17.6. The number of nitrogens with one attached hydrogen (secondary N) is 1. The van der Waals surface area contributed by atoms with Crippen molar-refractivity contribution in [3.8, 4) is 6.07 Å². The lowest BCUT2D eigenvalue weighted by molar-refractivity contribution is 0.208. The minimum atomic E-state index is -0.149. The third kappa shape index (κ3) is 3.92. The number of piperazine rings is 1. The lowest BCUT2D eigenvalue weighted by Gasteiger charge is -2.36. The van der Waals surface area contributed by atoms with E-state index in [4.69, 9.17) is 5.26 Å². The number of carbonyl (C=O) groups is 1. The van der Waals surface area contributed by atoms with E-state index in [2.05, 4.69) is 47.5 Å². The molecule has 2 aromatic rings. The largest absolute Gasteiger partial charge is 0.368 e. The highest BCUT2D eigenvalue weighted by Crippen LogP contribution is 2.19. The molecule has 0 atom stereocenters. The van der Waals surface area contributed by atoms with Crippen molar-refractivity contribution in [2.24, 2.45) is 0 Å². The molecule has 0 unspecified atom stereocenters. The second-order valence-electron chi connectivity index (χ2n) is 6.08. The predicted octanol–water partition coefficient (Wildman–Crippen LogP) is 3.47. The fourth-order valence-electron chi connectivity index (χ4n) is 2.99. The number of nitriles is 1. The molecular weight excluding hydrogens is 312 g/mol. The van der Waals surface area contributed by atoms with Crippen molar-refractivity contribution in [3.63, 3.8) is 0 Å². The van der Waals surface area contributed by atoms with Crippen molar-refractivity contribution >= 4 is 17.4 Å². The van der Waals surface area contributed by atoms with Crippen LogP contribution in [-0.2, 0) is 6.42 Å². The van der Waals surface area contributed by atoms with Crippen molar-refractivity contribution in [1.82, 2.24) is 4.90 Å². The van der Waals surface area contributed by atoms with Gasteiger partial charge in [-0.3, -0.25) is 0 Å². The zero-order valence-corrected chi connectivity index (χ0v) is 14.4. The van der Waals surface area contributed by atoms with Gasteiger partial charge in [0.2, 0.25) is 0 Å². The summed E-state index contributed by atoms with van der Waals surface area (Å²) in [5.74, 6) is 0. The molecule has 1 N–H and O–H groups in total. The first-order valence-electron chi connectivity index (χ1n) is 8.60. The predicted molar refractivity (Wildman–Crippen MR) is 99.8 cm³/mol. The molecular formula is C20H22N4O. The number of hydrogen-bond donors (Lipinski definition) is 1. The number of amides is 2. The van der Waals surface area contributed by atoms with Crippen LogP contribution in [0.3, 0.4) is 0 Å². The highest BCUT2D eigenvalue weighted by molar-refractivity contribution is 5.91. The van der Waals surface area contributed by atoms with E-state index in [-0.39, 0.29) is 6.03 Å². The summed E-state index contributed by atoms with van der Waals surface area (Å²) in [5.41, 5.74) is 3.57. The summed E-state index contributed by atoms with van der Waals surface area (Å²) in [7, 11) is 0. The fraction of sp³-hybridized carbons (Fsp3) is 0.300. The maximum atomic E-state index is 12.4. The van der Waals surface area contributed by atoms with Crippen molar-refractivity contribution in [2.75, 3.05) is 36.4 Å². The number of carbonyl (C=O) groups excluding carboxylic acids is 1. The van der Waals surface area contributed by atoms with Crippen molar-refractivity contribution in [1.29, 1.82) is 5.26 Å². The van der Waals surface area contributed by atoms with Gasteiger partial charge >= 0.3 is 6.03 Å². The quantitative estimate of drug-likeness (QED) is 0.935. The van der Waals surface area contributed by atoms with E-state index in [1.165, 1.54) is 11.3 Å². The van der Waals surface area contributed by atoms with Crippen LogP contribution in [0, 0.1) is 11.3 Å². The Morgan fingerprint density at radius 1 is 1.08 bits per heavy atom. The zero-order valence-electron chi connectivity index (χ0n) is 14.4. The van der Waals surface area contributed by atoms with Crippen LogP contribution < -0.4 is 10.2 Å².